The molecule has 0 aromatic carbocycles. The summed E-state index contributed by atoms with van der Waals surface area (Å²) < 4.78 is 12.9. The highest BCUT2D eigenvalue weighted by molar-refractivity contribution is 5.75. The molecule has 0 saturated carbocycles. The Balaban J connectivity index is 1.80. The number of anilines is 1. The van der Waals surface area contributed by atoms with E-state index in [9.17, 15) is 9.59 Å². The van der Waals surface area contributed by atoms with Crippen LogP contribution in [0.15, 0.2) is 12.5 Å². The van der Waals surface area contributed by atoms with Gasteiger partial charge in [0.2, 0.25) is 5.95 Å². The van der Waals surface area contributed by atoms with E-state index in [4.69, 9.17) is 20.9 Å². The number of nitrogens with zero attached hydrogens (tertiary/aromatic N) is 4. The van der Waals surface area contributed by atoms with Crippen LogP contribution in [0, 0.1) is 11.8 Å². The summed E-state index contributed by atoms with van der Waals surface area (Å²) in [5, 5.41) is 0. The molecular weight excluding hydrogens is 472 g/mol. The Morgan fingerprint density at radius 3 is 2.30 bits per heavy atom. The summed E-state index contributed by atoms with van der Waals surface area (Å²) >= 11 is 0. The standard InChI is InChI=1S/C27H46N6O4/c1-4-5-6-7-8-9-10-11-12-13-23(34)36-17-21(18-37-26(35)24(28)20(2)3)14-15-33-19-31-22-16-30-27(29)32-25(22)33/h16,19-21,24H,4-15,17-18,28H2,1-3H3,(H2,29,30,32)/t21?,24-/m0/s1. The van der Waals surface area contributed by atoms with Crippen molar-refractivity contribution < 1.29 is 19.1 Å². The normalized spacial score (nSPS) is 13.1. The van der Waals surface area contributed by atoms with Gasteiger partial charge in [-0.05, 0) is 18.8 Å². The lowest BCUT2D eigenvalue weighted by molar-refractivity contribution is -0.150. The molecule has 37 heavy (non-hydrogen) atoms. The fourth-order valence-electron chi connectivity index (χ4n) is 4.00. The van der Waals surface area contributed by atoms with Crippen LogP contribution in [-0.4, -0.2) is 50.7 Å². The molecule has 0 bridgehead atoms. The molecule has 4 N–H and O–H groups in total. The minimum Gasteiger partial charge on any atom is -0.465 e. The molecule has 0 fully saturated rings. The number of hydrogen-bond donors (Lipinski definition) is 2. The number of ether oxygens (including phenoxy) is 2. The van der Waals surface area contributed by atoms with Gasteiger partial charge in [-0.1, -0.05) is 72.1 Å². The van der Waals surface area contributed by atoms with E-state index < -0.39 is 12.0 Å². The molecular formula is C27H46N6O4. The van der Waals surface area contributed by atoms with Crippen molar-refractivity contribution >= 4 is 29.1 Å². The van der Waals surface area contributed by atoms with Crippen molar-refractivity contribution in [2.45, 2.75) is 104 Å². The van der Waals surface area contributed by atoms with Gasteiger partial charge in [0, 0.05) is 18.9 Å². The molecule has 0 amide bonds. The van der Waals surface area contributed by atoms with E-state index in [0.717, 1.165) is 19.3 Å². The molecule has 2 rings (SSSR count). The maximum atomic E-state index is 12.3. The molecule has 0 spiro atoms. The van der Waals surface area contributed by atoms with Crippen molar-refractivity contribution in [3.63, 3.8) is 0 Å². The van der Waals surface area contributed by atoms with Gasteiger partial charge in [-0.15, -0.1) is 0 Å². The van der Waals surface area contributed by atoms with Gasteiger partial charge in [-0.25, -0.2) is 9.97 Å². The Bertz CT molecular complexity index is 948. The van der Waals surface area contributed by atoms with E-state index >= 15 is 0 Å². The molecule has 0 radical (unpaired) electrons. The van der Waals surface area contributed by atoms with Gasteiger partial charge in [-0.2, -0.15) is 4.98 Å². The number of nitrogen functional groups attached to an aromatic ring is 1. The van der Waals surface area contributed by atoms with Gasteiger partial charge in [0.1, 0.15) is 11.6 Å². The zero-order valence-corrected chi connectivity index (χ0v) is 22.9. The molecule has 0 saturated heterocycles. The largest absolute Gasteiger partial charge is 0.465 e. The SMILES string of the molecule is CCCCCCCCCCCC(=O)OCC(CCn1cnc2cnc(N)nc21)COC(=O)[C@@H](N)C(C)C. The third kappa shape index (κ3) is 11.5. The van der Waals surface area contributed by atoms with Crippen LogP contribution >= 0.6 is 0 Å². The summed E-state index contributed by atoms with van der Waals surface area (Å²) in [5.41, 5.74) is 12.9. The van der Waals surface area contributed by atoms with E-state index in [2.05, 4.69) is 21.9 Å². The number of rotatable bonds is 19. The first kappa shape index (κ1) is 30.5. The number of fused-ring (bicyclic) bond motifs is 1. The monoisotopic (exact) mass is 518 g/mol. The summed E-state index contributed by atoms with van der Waals surface area (Å²) in [5.74, 6) is -0.705. The highest BCUT2D eigenvalue weighted by atomic mass is 16.5. The summed E-state index contributed by atoms with van der Waals surface area (Å²) in [6.07, 6.45) is 15.0. The predicted octanol–water partition coefficient (Wildman–Crippen LogP) is 4.41. The fraction of sp³-hybridized carbons (Fsp3) is 0.741. The first-order valence-electron chi connectivity index (χ1n) is 13.8. The van der Waals surface area contributed by atoms with Crippen LogP contribution in [0.25, 0.3) is 11.2 Å². The molecule has 0 aliphatic heterocycles. The van der Waals surface area contributed by atoms with Crippen LogP contribution in [0.4, 0.5) is 5.95 Å². The average molecular weight is 519 g/mol. The number of aryl methyl sites for hydroxylation is 1. The quantitative estimate of drug-likeness (QED) is 0.204. The van der Waals surface area contributed by atoms with Crippen molar-refractivity contribution in [3.05, 3.63) is 12.5 Å². The first-order chi connectivity index (χ1) is 17.8. The topological polar surface area (TPSA) is 148 Å². The zero-order chi connectivity index (χ0) is 27.0. The van der Waals surface area contributed by atoms with Gasteiger partial charge in [0.15, 0.2) is 5.65 Å². The molecule has 0 aliphatic rings. The van der Waals surface area contributed by atoms with Crippen molar-refractivity contribution in [2.24, 2.45) is 17.6 Å². The summed E-state index contributed by atoms with van der Waals surface area (Å²) in [6, 6.07) is -0.688. The second-order valence-electron chi connectivity index (χ2n) is 10.2. The van der Waals surface area contributed by atoms with Crippen LogP contribution in [0.5, 0.6) is 0 Å². The number of imidazole rings is 1. The lowest BCUT2D eigenvalue weighted by Crippen LogP contribution is -2.38. The van der Waals surface area contributed by atoms with E-state index in [1.54, 1.807) is 12.5 Å². The number of hydrogen-bond acceptors (Lipinski definition) is 9. The highest BCUT2D eigenvalue weighted by Crippen LogP contribution is 2.15. The predicted molar refractivity (Wildman–Crippen MR) is 144 cm³/mol. The highest BCUT2D eigenvalue weighted by Gasteiger charge is 2.22. The van der Waals surface area contributed by atoms with Crippen LogP contribution in [0.1, 0.15) is 91.4 Å². The first-order valence-corrected chi connectivity index (χ1v) is 13.8. The maximum Gasteiger partial charge on any atom is 0.323 e. The minimum atomic E-state index is -0.688. The van der Waals surface area contributed by atoms with Crippen LogP contribution in [0.2, 0.25) is 0 Å². The number of esters is 2. The van der Waals surface area contributed by atoms with Gasteiger partial charge < -0.3 is 25.5 Å². The average Bonchev–Trinajstić information content (AvgIpc) is 3.28. The number of aromatic nitrogens is 4. The lowest BCUT2D eigenvalue weighted by atomic mass is 10.1. The van der Waals surface area contributed by atoms with Gasteiger partial charge in [0.25, 0.3) is 0 Å². The summed E-state index contributed by atoms with van der Waals surface area (Å²) in [7, 11) is 0. The fourth-order valence-corrected chi connectivity index (χ4v) is 4.00. The number of unbranched alkanes of at least 4 members (excludes halogenated alkanes) is 8. The Hall–Kier alpha value is -2.75. The number of carbonyl (C=O) groups excluding carboxylic acids is 2. The van der Waals surface area contributed by atoms with Crippen molar-refractivity contribution in [3.8, 4) is 0 Å². The minimum absolute atomic E-state index is 0.0254. The smallest absolute Gasteiger partial charge is 0.323 e. The summed E-state index contributed by atoms with van der Waals surface area (Å²) in [4.78, 5) is 37.1. The van der Waals surface area contributed by atoms with E-state index in [1.165, 1.54) is 38.5 Å². The lowest BCUT2D eigenvalue weighted by Gasteiger charge is -2.20. The Kier molecular flexibility index (Phi) is 13.9. The zero-order valence-electron chi connectivity index (χ0n) is 22.9. The summed E-state index contributed by atoms with van der Waals surface area (Å²) in [6.45, 7) is 6.80. The third-order valence-corrected chi connectivity index (χ3v) is 6.57. The number of carbonyl (C=O) groups is 2. The van der Waals surface area contributed by atoms with Crippen LogP contribution < -0.4 is 11.5 Å². The third-order valence-electron chi connectivity index (χ3n) is 6.57. The molecule has 10 nitrogen and oxygen atoms in total. The Labute approximate surface area is 220 Å². The molecule has 2 heterocycles. The molecule has 0 aliphatic carbocycles. The van der Waals surface area contributed by atoms with Crippen molar-refractivity contribution in [2.75, 3.05) is 18.9 Å². The van der Waals surface area contributed by atoms with Gasteiger partial charge >= 0.3 is 11.9 Å². The molecule has 208 valence electrons. The van der Waals surface area contributed by atoms with E-state index in [1.807, 2.05) is 18.4 Å². The second-order valence-corrected chi connectivity index (χ2v) is 10.2. The Morgan fingerprint density at radius 1 is 0.973 bits per heavy atom. The van der Waals surface area contributed by atoms with Crippen LogP contribution in [-0.2, 0) is 25.6 Å². The molecule has 2 atom stereocenters. The van der Waals surface area contributed by atoms with E-state index in [-0.39, 0.29) is 37.0 Å². The van der Waals surface area contributed by atoms with Gasteiger partial charge in [0.05, 0.1) is 25.7 Å². The van der Waals surface area contributed by atoms with E-state index in [0.29, 0.717) is 30.6 Å². The molecule has 1 unspecified atom stereocenters. The Morgan fingerprint density at radius 2 is 1.62 bits per heavy atom. The number of nitrogens with two attached hydrogens (primary N) is 2. The molecule has 2 aromatic heterocycles. The molecule has 10 heteroatoms. The second kappa shape index (κ2) is 16.9. The van der Waals surface area contributed by atoms with Gasteiger partial charge in [-0.3, -0.25) is 9.59 Å². The van der Waals surface area contributed by atoms with Crippen molar-refractivity contribution in [1.82, 2.24) is 19.5 Å². The van der Waals surface area contributed by atoms with Crippen LogP contribution in [0.3, 0.4) is 0 Å². The molecule has 2 aromatic rings. The maximum absolute atomic E-state index is 12.3. The van der Waals surface area contributed by atoms with Crippen molar-refractivity contribution in [1.29, 1.82) is 0 Å².